The number of sulfone groups is 1. The Morgan fingerprint density at radius 3 is 2.45 bits per heavy atom. The van der Waals surface area contributed by atoms with E-state index in [4.69, 9.17) is 9.47 Å². The molecule has 0 radical (unpaired) electrons. The van der Waals surface area contributed by atoms with E-state index in [2.05, 4.69) is 10.3 Å². The highest BCUT2D eigenvalue weighted by atomic mass is 32.2. The Morgan fingerprint density at radius 2 is 1.83 bits per heavy atom. The lowest BCUT2D eigenvalue weighted by molar-refractivity contribution is -0.115. The summed E-state index contributed by atoms with van der Waals surface area (Å²) >= 11 is 1.30. The van der Waals surface area contributed by atoms with E-state index in [-0.39, 0.29) is 17.2 Å². The van der Waals surface area contributed by atoms with Gasteiger partial charge in [0.25, 0.3) is 0 Å². The number of carbonyl (C=O) groups excluding carboxylic acids is 1. The molecule has 2 aromatic carbocycles. The number of aromatic nitrogens is 1. The lowest BCUT2D eigenvalue weighted by Crippen LogP contribution is -2.14. The Labute approximate surface area is 173 Å². The van der Waals surface area contributed by atoms with Crippen LogP contribution in [0.3, 0.4) is 0 Å². The molecule has 0 spiro atoms. The third-order valence-corrected chi connectivity index (χ3v) is 6.04. The molecule has 3 aromatic rings. The first-order valence-electron chi connectivity index (χ1n) is 8.57. The molecule has 1 aromatic heterocycles. The van der Waals surface area contributed by atoms with Crippen LogP contribution in [0.15, 0.2) is 52.7 Å². The fourth-order valence-corrected chi connectivity index (χ4v) is 4.03. The van der Waals surface area contributed by atoms with Crippen LogP contribution < -0.4 is 14.8 Å². The minimum atomic E-state index is -3.26. The summed E-state index contributed by atoms with van der Waals surface area (Å²) in [6, 6.07) is 11.7. The molecule has 1 heterocycles. The summed E-state index contributed by atoms with van der Waals surface area (Å²) in [6.45, 7) is 0. The third kappa shape index (κ3) is 5.12. The van der Waals surface area contributed by atoms with E-state index in [1.54, 1.807) is 38.5 Å². The van der Waals surface area contributed by atoms with Gasteiger partial charge in [0.2, 0.25) is 5.91 Å². The van der Waals surface area contributed by atoms with Crippen LogP contribution in [0.4, 0.5) is 5.13 Å². The van der Waals surface area contributed by atoms with E-state index in [1.165, 1.54) is 23.5 Å². The van der Waals surface area contributed by atoms with Crippen molar-refractivity contribution < 1.29 is 22.7 Å². The maximum atomic E-state index is 12.3. The fourth-order valence-electron chi connectivity index (χ4n) is 2.67. The number of amides is 1. The third-order valence-electron chi connectivity index (χ3n) is 4.15. The Bertz CT molecular complexity index is 1120. The minimum absolute atomic E-state index is 0.113. The van der Waals surface area contributed by atoms with Crippen LogP contribution in [0.1, 0.15) is 5.56 Å². The number of carbonyl (C=O) groups is 1. The van der Waals surface area contributed by atoms with E-state index >= 15 is 0 Å². The number of rotatable bonds is 7. The van der Waals surface area contributed by atoms with Gasteiger partial charge >= 0.3 is 0 Å². The number of hydrogen-bond donors (Lipinski definition) is 1. The van der Waals surface area contributed by atoms with Gasteiger partial charge in [-0.3, -0.25) is 4.79 Å². The van der Waals surface area contributed by atoms with E-state index in [9.17, 15) is 13.2 Å². The van der Waals surface area contributed by atoms with Gasteiger partial charge in [-0.15, -0.1) is 11.3 Å². The largest absolute Gasteiger partial charge is 0.497 e. The lowest BCUT2D eigenvalue weighted by Gasteiger charge is -2.08. The molecular formula is C20H20N2O5S2. The summed E-state index contributed by atoms with van der Waals surface area (Å²) in [5.41, 5.74) is 2.14. The monoisotopic (exact) mass is 432 g/mol. The summed E-state index contributed by atoms with van der Waals surface area (Å²) in [4.78, 5) is 17.0. The second-order valence-electron chi connectivity index (χ2n) is 6.25. The summed E-state index contributed by atoms with van der Waals surface area (Å²) in [6.07, 6.45) is 1.26. The zero-order valence-corrected chi connectivity index (χ0v) is 17.8. The Kier molecular flexibility index (Phi) is 6.19. The van der Waals surface area contributed by atoms with Gasteiger partial charge in [-0.05, 0) is 35.9 Å². The summed E-state index contributed by atoms with van der Waals surface area (Å²) < 4.78 is 33.7. The molecule has 3 rings (SSSR count). The molecule has 0 aliphatic carbocycles. The molecule has 0 saturated heterocycles. The van der Waals surface area contributed by atoms with E-state index in [0.29, 0.717) is 27.9 Å². The Balaban J connectivity index is 1.71. The predicted octanol–water partition coefficient (Wildman–Crippen LogP) is 3.41. The number of thiazole rings is 1. The number of nitrogens with one attached hydrogen (secondary N) is 1. The molecule has 0 saturated carbocycles. The number of ether oxygens (including phenoxy) is 2. The molecule has 29 heavy (non-hydrogen) atoms. The minimum Gasteiger partial charge on any atom is -0.497 e. The van der Waals surface area contributed by atoms with Crippen LogP contribution in [-0.2, 0) is 21.1 Å². The zero-order valence-electron chi connectivity index (χ0n) is 16.1. The van der Waals surface area contributed by atoms with Gasteiger partial charge in [0.1, 0.15) is 11.5 Å². The second-order valence-corrected chi connectivity index (χ2v) is 9.12. The van der Waals surface area contributed by atoms with E-state index < -0.39 is 9.84 Å². The lowest BCUT2D eigenvalue weighted by atomic mass is 10.1. The number of methoxy groups -OCH3 is 2. The molecule has 0 unspecified atom stereocenters. The number of anilines is 1. The van der Waals surface area contributed by atoms with Crippen molar-refractivity contribution in [1.82, 2.24) is 4.98 Å². The van der Waals surface area contributed by atoms with Crippen LogP contribution in [0.5, 0.6) is 11.5 Å². The summed E-state index contributed by atoms with van der Waals surface area (Å²) in [5.74, 6) is 1.09. The van der Waals surface area contributed by atoms with Crippen molar-refractivity contribution in [2.75, 3.05) is 25.8 Å². The van der Waals surface area contributed by atoms with Gasteiger partial charge in [0.05, 0.1) is 31.2 Å². The SMILES string of the molecule is COc1ccc(OC)c(-c2csc(NC(=O)Cc3ccc(S(C)(=O)=O)cc3)n2)c1. The molecule has 0 fully saturated rings. The first-order valence-corrected chi connectivity index (χ1v) is 11.3. The molecule has 0 aliphatic rings. The van der Waals surface area contributed by atoms with Crippen molar-refractivity contribution in [2.45, 2.75) is 11.3 Å². The average molecular weight is 433 g/mol. The predicted molar refractivity (Wildman–Crippen MR) is 113 cm³/mol. The van der Waals surface area contributed by atoms with Gasteiger partial charge in [-0.25, -0.2) is 13.4 Å². The summed E-state index contributed by atoms with van der Waals surface area (Å²) in [5, 5.41) is 5.06. The maximum Gasteiger partial charge on any atom is 0.230 e. The Hall–Kier alpha value is -2.91. The molecule has 0 bridgehead atoms. The fraction of sp³-hybridized carbons (Fsp3) is 0.200. The molecule has 0 atom stereocenters. The van der Waals surface area contributed by atoms with E-state index in [1.807, 2.05) is 11.4 Å². The van der Waals surface area contributed by atoms with Crippen LogP contribution in [0.25, 0.3) is 11.3 Å². The molecule has 0 aliphatic heterocycles. The van der Waals surface area contributed by atoms with Crippen molar-refractivity contribution in [1.29, 1.82) is 0 Å². The average Bonchev–Trinajstić information content (AvgIpc) is 3.15. The molecule has 1 N–H and O–H groups in total. The van der Waals surface area contributed by atoms with Gasteiger partial charge in [0, 0.05) is 17.2 Å². The molecular weight excluding hydrogens is 412 g/mol. The van der Waals surface area contributed by atoms with Crippen molar-refractivity contribution in [3.05, 3.63) is 53.4 Å². The van der Waals surface area contributed by atoms with Crippen LogP contribution in [0, 0.1) is 0 Å². The standard InChI is InChI=1S/C20H20N2O5S2/c1-26-14-6-9-18(27-2)16(11-14)17-12-28-20(21-17)22-19(23)10-13-4-7-15(8-5-13)29(3,24)25/h4-9,11-12H,10H2,1-3H3,(H,21,22,23). The van der Waals surface area contributed by atoms with Crippen LogP contribution >= 0.6 is 11.3 Å². The number of hydrogen-bond acceptors (Lipinski definition) is 7. The van der Waals surface area contributed by atoms with Gasteiger partial charge in [0.15, 0.2) is 15.0 Å². The van der Waals surface area contributed by atoms with Crippen molar-refractivity contribution in [2.24, 2.45) is 0 Å². The molecule has 1 amide bonds. The van der Waals surface area contributed by atoms with E-state index in [0.717, 1.165) is 11.8 Å². The first kappa shape index (κ1) is 20.8. The van der Waals surface area contributed by atoms with Crippen LogP contribution in [-0.4, -0.2) is 39.8 Å². The first-order chi connectivity index (χ1) is 13.8. The van der Waals surface area contributed by atoms with Gasteiger partial charge < -0.3 is 14.8 Å². The van der Waals surface area contributed by atoms with Crippen LogP contribution in [0.2, 0.25) is 0 Å². The van der Waals surface area contributed by atoms with Crippen molar-refractivity contribution in [3.63, 3.8) is 0 Å². The van der Waals surface area contributed by atoms with Gasteiger partial charge in [-0.1, -0.05) is 12.1 Å². The highest BCUT2D eigenvalue weighted by Crippen LogP contribution is 2.35. The summed E-state index contributed by atoms with van der Waals surface area (Å²) in [7, 11) is -0.0963. The Morgan fingerprint density at radius 1 is 1.10 bits per heavy atom. The highest BCUT2D eigenvalue weighted by Gasteiger charge is 2.14. The van der Waals surface area contributed by atoms with Crippen molar-refractivity contribution in [3.8, 4) is 22.8 Å². The normalized spacial score (nSPS) is 11.1. The van der Waals surface area contributed by atoms with Crippen molar-refractivity contribution >= 4 is 32.2 Å². The maximum absolute atomic E-state index is 12.3. The topological polar surface area (TPSA) is 94.6 Å². The second kappa shape index (κ2) is 8.62. The molecule has 9 heteroatoms. The smallest absolute Gasteiger partial charge is 0.230 e. The molecule has 7 nitrogen and oxygen atoms in total. The number of nitrogens with zero attached hydrogens (tertiary/aromatic N) is 1. The highest BCUT2D eigenvalue weighted by molar-refractivity contribution is 7.90. The van der Waals surface area contributed by atoms with Gasteiger partial charge in [-0.2, -0.15) is 0 Å². The molecule has 152 valence electrons. The number of benzene rings is 2. The quantitative estimate of drug-likeness (QED) is 0.615. The zero-order chi connectivity index (χ0) is 21.0.